The average molecular weight is 412 g/mol. The van der Waals surface area contributed by atoms with E-state index in [-0.39, 0.29) is 12.1 Å². The van der Waals surface area contributed by atoms with E-state index < -0.39 is 11.7 Å². The van der Waals surface area contributed by atoms with Crippen LogP contribution in [0.5, 0.6) is 0 Å². The third kappa shape index (κ3) is 6.00. The summed E-state index contributed by atoms with van der Waals surface area (Å²) in [5.74, 6) is 0.596. The maximum Gasteiger partial charge on any atom is 0.410 e. The molecule has 0 aromatic heterocycles. The van der Waals surface area contributed by atoms with Gasteiger partial charge in [-0.15, -0.1) is 0 Å². The molecule has 0 bridgehead atoms. The van der Waals surface area contributed by atoms with Crippen molar-refractivity contribution in [3.05, 3.63) is 34.3 Å². The number of amides is 1. The summed E-state index contributed by atoms with van der Waals surface area (Å²) in [6, 6.07) is 7.72. The van der Waals surface area contributed by atoms with Gasteiger partial charge >= 0.3 is 6.09 Å². The summed E-state index contributed by atoms with van der Waals surface area (Å²) in [5, 5.41) is 10.7. The van der Waals surface area contributed by atoms with Crippen LogP contribution >= 0.6 is 15.9 Å². The molecule has 5 heteroatoms. The standard InChI is InChI=1S/C20H30BrNO3/c1-5-14-9-10-22(19(24)25-20(2,3)4)17(11-14)13-18(23)15-7-6-8-16(21)12-15/h6-8,12,14,17-18,23H,5,9-11,13H2,1-4H3. The van der Waals surface area contributed by atoms with Crippen molar-refractivity contribution in [2.24, 2.45) is 5.92 Å². The van der Waals surface area contributed by atoms with Crippen molar-refractivity contribution in [2.75, 3.05) is 6.54 Å². The van der Waals surface area contributed by atoms with Gasteiger partial charge in [-0.25, -0.2) is 4.79 Å². The van der Waals surface area contributed by atoms with Crippen molar-refractivity contribution in [3.63, 3.8) is 0 Å². The first kappa shape index (κ1) is 20.2. The minimum absolute atomic E-state index is 0.00234. The number of likely N-dealkylation sites (tertiary alicyclic amines) is 1. The third-order valence-corrected chi connectivity index (χ3v) is 5.25. The predicted molar refractivity (Wildman–Crippen MR) is 103 cm³/mol. The van der Waals surface area contributed by atoms with Crippen LogP contribution in [-0.4, -0.2) is 34.3 Å². The molecule has 1 heterocycles. The second kappa shape index (κ2) is 8.54. The van der Waals surface area contributed by atoms with Crippen LogP contribution in [0.15, 0.2) is 28.7 Å². The van der Waals surface area contributed by atoms with Crippen molar-refractivity contribution < 1.29 is 14.6 Å². The van der Waals surface area contributed by atoms with Gasteiger partial charge in [-0.1, -0.05) is 41.4 Å². The quantitative estimate of drug-likeness (QED) is 0.730. The lowest BCUT2D eigenvalue weighted by Gasteiger charge is -2.40. The Kier molecular flexibility index (Phi) is 6.92. The molecule has 4 nitrogen and oxygen atoms in total. The second-order valence-corrected chi connectivity index (χ2v) is 8.85. The number of hydrogen-bond donors (Lipinski definition) is 1. The van der Waals surface area contributed by atoms with E-state index in [1.54, 1.807) is 0 Å². The molecule has 1 amide bonds. The van der Waals surface area contributed by atoms with E-state index in [0.717, 1.165) is 29.3 Å². The number of carbonyl (C=O) groups excluding carboxylic acids is 1. The molecule has 1 aromatic carbocycles. The van der Waals surface area contributed by atoms with E-state index in [2.05, 4.69) is 22.9 Å². The number of benzene rings is 1. The van der Waals surface area contributed by atoms with Crippen molar-refractivity contribution >= 4 is 22.0 Å². The number of aliphatic hydroxyl groups is 1. The highest BCUT2D eigenvalue weighted by Crippen LogP contribution is 2.32. The summed E-state index contributed by atoms with van der Waals surface area (Å²) >= 11 is 3.45. The Morgan fingerprint density at radius 1 is 1.44 bits per heavy atom. The van der Waals surface area contributed by atoms with Crippen LogP contribution in [0.3, 0.4) is 0 Å². The molecule has 1 fully saturated rings. The molecule has 1 aliphatic rings. The average Bonchev–Trinajstić information content (AvgIpc) is 2.53. The summed E-state index contributed by atoms with van der Waals surface area (Å²) in [7, 11) is 0. The van der Waals surface area contributed by atoms with E-state index in [1.165, 1.54) is 0 Å². The molecule has 140 valence electrons. The Hall–Kier alpha value is -1.07. The second-order valence-electron chi connectivity index (χ2n) is 7.93. The molecule has 0 aliphatic carbocycles. The fraction of sp³-hybridized carbons (Fsp3) is 0.650. The molecule has 2 rings (SSSR count). The lowest BCUT2D eigenvalue weighted by molar-refractivity contribution is -0.00415. The van der Waals surface area contributed by atoms with Gasteiger partial charge in [0.25, 0.3) is 0 Å². The van der Waals surface area contributed by atoms with Gasteiger partial charge in [-0.3, -0.25) is 0 Å². The lowest BCUT2D eigenvalue weighted by atomic mass is 9.86. The number of halogens is 1. The maximum absolute atomic E-state index is 12.6. The number of rotatable bonds is 4. The molecule has 0 radical (unpaired) electrons. The van der Waals surface area contributed by atoms with E-state index in [1.807, 2.05) is 49.9 Å². The number of ether oxygens (including phenoxy) is 1. The molecular weight excluding hydrogens is 382 g/mol. The topological polar surface area (TPSA) is 49.8 Å². The van der Waals surface area contributed by atoms with Crippen LogP contribution in [0.4, 0.5) is 4.79 Å². The number of aliphatic hydroxyl groups excluding tert-OH is 1. The zero-order valence-corrected chi connectivity index (χ0v) is 17.3. The molecule has 1 aromatic rings. The predicted octanol–water partition coefficient (Wildman–Crippen LogP) is 5.30. The van der Waals surface area contributed by atoms with Crippen LogP contribution in [0.2, 0.25) is 0 Å². The van der Waals surface area contributed by atoms with Gasteiger partial charge in [0, 0.05) is 17.1 Å². The van der Waals surface area contributed by atoms with Gasteiger partial charge in [-0.05, 0) is 63.6 Å². The van der Waals surface area contributed by atoms with Gasteiger partial charge in [0.15, 0.2) is 0 Å². The Balaban J connectivity index is 2.12. The van der Waals surface area contributed by atoms with E-state index >= 15 is 0 Å². The van der Waals surface area contributed by atoms with Crippen molar-refractivity contribution in [1.29, 1.82) is 0 Å². The number of carbonyl (C=O) groups is 1. The lowest BCUT2D eigenvalue weighted by Crippen LogP contribution is -2.48. The number of nitrogens with zero attached hydrogens (tertiary/aromatic N) is 1. The molecule has 25 heavy (non-hydrogen) atoms. The van der Waals surface area contributed by atoms with Crippen LogP contribution in [0.25, 0.3) is 0 Å². The number of piperidine rings is 1. The Labute approximate surface area is 159 Å². The Bertz CT molecular complexity index is 585. The zero-order chi connectivity index (χ0) is 18.6. The zero-order valence-electron chi connectivity index (χ0n) is 15.7. The molecular formula is C20H30BrNO3. The first-order chi connectivity index (χ1) is 11.7. The largest absolute Gasteiger partial charge is 0.444 e. The highest BCUT2D eigenvalue weighted by molar-refractivity contribution is 9.10. The van der Waals surface area contributed by atoms with Crippen LogP contribution in [0, 0.1) is 5.92 Å². The SMILES string of the molecule is CCC1CCN(C(=O)OC(C)(C)C)C(CC(O)c2cccc(Br)c2)C1. The van der Waals surface area contributed by atoms with Crippen molar-refractivity contribution in [1.82, 2.24) is 4.90 Å². The van der Waals surface area contributed by atoms with Crippen LogP contribution in [0.1, 0.15) is 65.0 Å². The monoisotopic (exact) mass is 411 g/mol. The summed E-state index contributed by atoms with van der Waals surface area (Å²) in [5.41, 5.74) is 0.365. The summed E-state index contributed by atoms with van der Waals surface area (Å²) < 4.78 is 6.53. The van der Waals surface area contributed by atoms with E-state index in [0.29, 0.717) is 18.9 Å². The Morgan fingerprint density at radius 2 is 2.16 bits per heavy atom. The molecule has 3 unspecified atom stereocenters. The molecule has 1 aliphatic heterocycles. The van der Waals surface area contributed by atoms with Gasteiger partial charge < -0.3 is 14.7 Å². The highest BCUT2D eigenvalue weighted by Gasteiger charge is 2.34. The molecule has 0 saturated carbocycles. The van der Waals surface area contributed by atoms with E-state index in [9.17, 15) is 9.90 Å². The fourth-order valence-electron chi connectivity index (χ4n) is 3.40. The minimum atomic E-state index is -0.594. The van der Waals surface area contributed by atoms with Gasteiger partial charge in [0.05, 0.1) is 6.10 Å². The molecule has 3 atom stereocenters. The van der Waals surface area contributed by atoms with E-state index in [4.69, 9.17) is 4.74 Å². The third-order valence-electron chi connectivity index (χ3n) is 4.76. The molecule has 1 N–H and O–H groups in total. The van der Waals surface area contributed by atoms with Crippen LogP contribution in [-0.2, 0) is 4.74 Å². The summed E-state index contributed by atoms with van der Waals surface area (Å²) in [6.07, 6.45) is 2.69. The smallest absolute Gasteiger partial charge is 0.410 e. The summed E-state index contributed by atoms with van der Waals surface area (Å²) in [4.78, 5) is 14.4. The first-order valence-electron chi connectivity index (χ1n) is 9.12. The number of hydrogen-bond acceptors (Lipinski definition) is 3. The Morgan fingerprint density at radius 3 is 2.76 bits per heavy atom. The fourth-order valence-corrected chi connectivity index (χ4v) is 3.81. The summed E-state index contributed by atoms with van der Waals surface area (Å²) in [6.45, 7) is 8.54. The minimum Gasteiger partial charge on any atom is -0.444 e. The molecule has 0 spiro atoms. The van der Waals surface area contributed by atoms with Gasteiger partial charge in [-0.2, -0.15) is 0 Å². The maximum atomic E-state index is 12.6. The first-order valence-corrected chi connectivity index (χ1v) is 9.92. The van der Waals surface area contributed by atoms with Gasteiger partial charge in [0.2, 0.25) is 0 Å². The van der Waals surface area contributed by atoms with Gasteiger partial charge in [0.1, 0.15) is 5.60 Å². The normalized spacial score (nSPS) is 22.6. The van der Waals surface area contributed by atoms with Crippen molar-refractivity contribution in [3.8, 4) is 0 Å². The van der Waals surface area contributed by atoms with Crippen LogP contribution < -0.4 is 0 Å². The van der Waals surface area contributed by atoms with Crippen molar-refractivity contribution in [2.45, 2.75) is 71.1 Å². The highest BCUT2D eigenvalue weighted by atomic mass is 79.9. The molecule has 1 saturated heterocycles.